The Hall–Kier alpha value is -2.51. The smallest absolute Gasteiger partial charge is 0.315 e. The van der Waals surface area contributed by atoms with Crippen molar-refractivity contribution in [1.82, 2.24) is 9.47 Å². The zero-order valence-corrected chi connectivity index (χ0v) is 16.3. The third kappa shape index (κ3) is 4.09. The van der Waals surface area contributed by atoms with Gasteiger partial charge in [0.1, 0.15) is 5.60 Å². The van der Waals surface area contributed by atoms with E-state index in [4.69, 9.17) is 16.3 Å². The number of nitrogens with zero attached hydrogens (tertiary/aromatic N) is 3. The number of carbonyl (C=O) groups is 2. The summed E-state index contributed by atoms with van der Waals surface area (Å²) in [6.07, 6.45) is 5.18. The lowest BCUT2D eigenvalue weighted by Gasteiger charge is -2.42. The molecular formula is C19H29N5O3. The Labute approximate surface area is 159 Å². The number of hydrogen-bond acceptors (Lipinski definition) is 4. The Morgan fingerprint density at radius 2 is 1.85 bits per heavy atom. The van der Waals surface area contributed by atoms with Gasteiger partial charge in [0.15, 0.2) is 0 Å². The molecule has 0 aromatic carbocycles. The lowest BCUT2D eigenvalue weighted by Crippen LogP contribution is -2.48. The van der Waals surface area contributed by atoms with Crippen LogP contribution in [0.1, 0.15) is 68.5 Å². The first-order valence-electron chi connectivity index (χ1n) is 9.46. The molecule has 1 saturated carbocycles. The van der Waals surface area contributed by atoms with Crippen molar-refractivity contribution in [3.8, 4) is 0 Å². The molecule has 1 unspecified atom stereocenters. The van der Waals surface area contributed by atoms with E-state index in [9.17, 15) is 9.59 Å². The van der Waals surface area contributed by atoms with Crippen molar-refractivity contribution in [3.63, 3.8) is 0 Å². The molecule has 2 heterocycles. The number of fused-ring (bicyclic) bond motifs is 1. The topological polar surface area (TPSA) is 116 Å². The monoisotopic (exact) mass is 375 g/mol. The van der Waals surface area contributed by atoms with Crippen LogP contribution in [0.3, 0.4) is 0 Å². The lowest BCUT2D eigenvalue weighted by molar-refractivity contribution is -0.000419. The van der Waals surface area contributed by atoms with Crippen LogP contribution in [-0.2, 0) is 11.4 Å². The standard InChI is InChI=1S/C19H29N5O3/c1-19(2,3)27-22-13-6-4-12(5-7-13)15-16-14(17(20)25)8-9-23(16)10-11-24(15)18(21)26/h8-9,12,15H,4-7,10-11H2,1-3H3,(H2,20,25)(H2,21,26). The molecule has 4 N–H and O–H groups in total. The van der Waals surface area contributed by atoms with Crippen LogP contribution in [-0.4, -0.2) is 39.3 Å². The summed E-state index contributed by atoms with van der Waals surface area (Å²) in [5.41, 5.74) is 13.2. The molecule has 1 aliphatic carbocycles. The second kappa shape index (κ2) is 7.25. The zero-order valence-electron chi connectivity index (χ0n) is 16.3. The van der Waals surface area contributed by atoms with E-state index in [1.807, 2.05) is 31.5 Å². The van der Waals surface area contributed by atoms with Gasteiger partial charge in [-0.25, -0.2) is 4.79 Å². The predicted molar refractivity (Wildman–Crippen MR) is 102 cm³/mol. The third-order valence-electron chi connectivity index (χ3n) is 5.26. The first-order chi connectivity index (χ1) is 12.7. The van der Waals surface area contributed by atoms with E-state index < -0.39 is 11.9 Å². The van der Waals surface area contributed by atoms with E-state index in [1.165, 1.54) is 0 Å². The molecule has 1 atom stereocenters. The van der Waals surface area contributed by atoms with E-state index in [-0.39, 0.29) is 17.6 Å². The maximum atomic E-state index is 12.1. The van der Waals surface area contributed by atoms with Gasteiger partial charge in [-0.1, -0.05) is 5.16 Å². The van der Waals surface area contributed by atoms with Crippen LogP contribution in [0.5, 0.6) is 0 Å². The predicted octanol–water partition coefficient (Wildman–Crippen LogP) is 2.38. The molecule has 3 rings (SSSR count). The molecule has 0 bridgehead atoms. The second-order valence-corrected chi connectivity index (χ2v) is 8.35. The van der Waals surface area contributed by atoms with Gasteiger partial charge < -0.3 is 25.8 Å². The van der Waals surface area contributed by atoms with Gasteiger partial charge in [0, 0.05) is 19.3 Å². The second-order valence-electron chi connectivity index (χ2n) is 8.35. The van der Waals surface area contributed by atoms with Crippen LogP contribution >= 0.6 is 0 Å². The fourth-order valence-corrected chi connectivity index (χ4v) is 4.03. The van der Waals surface area contributed by atoms with Gasteiger partial charge >= 0.3 is 6.03 Å². The van der Waals surface area contributed by atoms with Crippen LogP contribution in [0.2, 0.25) is 0 Å². The molecular weight excluding hydrogens is 346 g/mol. The Morgan fingerprint density at radius 1 is 1.19 bits per heavy atom. The van der Waals surface area contributed by atoms with Crippen molar-refractivity contribution in [2.75, 3.05) is 6.54 Å². The maximum absolute atomic E-state index is 12.1. The number of rotatable bonds is 3. The summed E-state index contributed by atoms with van der Waals surface area (Å²) in [4.78, 5) is 31.2. The van der Waals surface area contributed by atoms with Crippen LogP contribution in [0.4, 0.5) is 4.79 Å². The van der Waals surface area contributed by atoms with Gasteiger partial charge in [0.2, 0.25) is 0 Å². The van der Waals surface area contributed by atoms with Crippen molar-refractivity contribution >= 4 is 17.6 Å². The minimum atomic E-state index is -0.475. The number of amides is 3. The highest BCUT2D eigenvalue weighted by Crippen LogP contribution is 2.41. The van der Waals surface area contributed by atoms with Crippen LogP contribution in [0, 0.1) is 5.92 Å². The largest absolute Gasteiger partial charge is 0.390 e. The number of hydrogen-bond donors (Lipinski definition) is 2. The van der Waals surface area contributed by atoms with Crippen molar-refractivity contribution < 1.29 is 14.4 Å². The molecule has 1 aliphatic heterocycles. The Kier molecular flexibility index (Phi) is 5.17. The van der Waals surface area contributed by atoms with Gasteiger partial charge in [0.05, 0.1) is 23.0 Å². The van der Waals surface area contributed by atoms with Gasteiger partial charge in [-0.2, -0.15) is 0 Å². The first-order valence-corrected chi connectivity index (χ1v) is 9.46. The molecule has 1 aromatic rings. The number of urea groups is 1. The van der Waals surface area contributed by atoms with Gasteiger partial charge in [-0.05, 0) is 58.4 Å². The SMILES string of the molecule is CC(C)(C)ON=C1CCC(C2c3c(C(N)=O)ccn3CCN2C(N)=O)CC1. The summed E-state index contributed by atoms with van der Waals surface area (Å²) < 4.78 is 2.02. The number of aromatic nitrogens is 1. The molecule has 0 radical (unpaired) electrons. The molecule has 0 spiro atoms. The summed E-state index contributed by atoms with van der Waals surface area (Å²) in [5.74, 6) is -0.283. The molecule has 1 aromatic heterocycles. The number of oxime groups is 1. The highest BCUT2D eigenvalue weighted by molar-refractivity contribution is 5.94. The van der Waals surface area contributed by atoms with E-state index >= 15 is 0 Å². The number of carbonyl (C=O) groups excluding carboxylic acids is 2. The van der Waals surface area contributed by atoms with Crippen molar-refractivity contribution in [2.45, 2.75) is 64.6 Å². The highest BCUT2D eigenvalue weighted by atomic mass is 16.6. The molecule has 2 aliphatic rings. The fraction of sp³-hybridized carbons (Fsp3) is 0.632. The average molecular weight is 375 g/mol. The lowest BCUT2D eigenvalue weighted by atomic mass is 9.79. The number of primary amides is 2. The van der Waals surface area contributed by atoms with Crippen LogP contribution in [0.15, 0.2) is 17.4 Å². The van der Waals surface area contributed by atoms with Crippen molar-refractivity contribution in [2.24, 2.45) is 22.5 Å². The van der Waals surface area contributed by atoms with E-state index in [0.717, 1.165) is 37.1 Å². The minimum absolute atomic E-state index is 0.193. The Bertz CT molecular complexity index is 752. The molecule has 1 fully saturated rings. The summed E-state index contributed by atoms with van der Waals surface area (Å²) in [6.45, 7) is 7.05. The molecule has 8 heteroatoms. The normalized spacial score (nSPS) is 22.9. The number of nitrogens with two attached hydrogens (primary N) is 2. The Morgan fingerprint density at radius 3 is 2.41 bits per heavy atom. The molecule has 148 valence electrons. The Balaban J connectivity index is 1.83. The van der Waals surface area contributed by atoms with E-state index in [1.54, 1.807) is 11.0 Å². The van der Waals surface area contributed by atoms with Crippen molar-refractivity contribution in [3.05, 3.63) is 23.5 Å². The van der Waals surface area contributed by atoms with Crippen LogP contribution in [0.25, 0.3) is 0 Å². The van der Waals surface area contributed by atoms with Crippen LogP contribution < -0.4 is 11.5 Å². The summed E-state index contributed by atoms with van der Waals surface area (Å²) >= 11 is 0. The summed E-state index contributed by atoms with van der Waals surface area (Å²) in [6, 6.07) is 1.04. The first kappa shape index (κ1) is 19.3. The quantitative estimate of drug-likeness (QED) is 0.790. The molecule has 8 nitrogen and oxygen atoms in total. The van der Waals surface area contributed by atoms with Gasteiger partial charge in [0.25, 0.3) is 5.91 Å². The third-order valence-corrected chi connectivity index (χ3v) is 5.26. The maximum Gasteiger partial charge on any atom is 0.315 e. The minimum Gasteiger partial charge on any atom is -0.390 e. The summed E-state index contributed by atoms with van der Waals surface area (Å²) in [7, 11) is 0. The van der Waals surface area contributed by atoms with Gasteiger partial charge in [-0.15, -0.1) is 0 Å². The molecule has 27 heavy (non-hydrogen) atoms. The van der Waals surface area contributed by atoms with E-state index in [0.29, 0.717) is 18.7 Å². The summed E-state index contributed by atoms with van der Waals surface area (Å²) in [5, 5.41) is 4.30. The molecule has 0 saturated heterocycles. The van der Waals surface area contributed by atoms with Crippen molar-refractivity contribution in [1.29, 1.82) is 0 Å². The fourth-order valence-electron chi connectivity index (χ4n) is 4.03. The average Bonchev–Trinajstić information content (AvgIpc) is 3.03. The van der Waals surface area contributed by atoms with Gasteiger partial charge in [-0.3, -0.25) is 4.79 Å². The molecule has 3 amide bonds. The zero-order chi connectivity index (χ0) is 19.8. The highest BCUT2D eigenvalue weighted by Gasteiger charge is 2.39. The van der Waals surface area contributed by atoms with E-state index in [2.05, 4.69) is 5.16 Å².